The minimum Gasteiger partial charge on any atom is -0.492 e. The van der Waals surface area contributed by atoms with Crippen molar-refractivity contribution < 1.29 is 19.1 Å². The summed E-state index contributed by atoms with van der Waals surface area (Å²) in [6, 6.07) is 12.6. The minimum absolute atomic E-state index is 0.0531. The van der Waals surface area contributed by atoms with Gasteiger partial charge in [-0.1, -0.05) is 39.4 Å². The summed E-state index contributed by atoms with van der Waals surface area (Å²) < 4.78 is 14.2. The Morgan fingerprint density at radius 1 is 1.14 bits per heavy atom. The van der Waals surface area contributed by atoms with Gasteiger partial charge in [-0.15, -0.1) is 0 Å². The van der Waals surface area contributed by atoms with Crippen LogP contribution in [-0.2, 0) is 16.1 Å². The molecule has 2 aromatic carbocycles. The van der Waals surface area contributed by atoms with E-state index in [0.717, 1.165) is 14.7 Å². The Kier molecular flexibility index (Phi) is 6.64. The van der Waals surface area contributed by atoms with Crippen LogP contribution < -0.4 is 9.54 Å². The van der Waals surface area contributed by atoms with Crippen molar-refractivity contribution in [3.8, 4) is 5.75 Å². The molecule has 3 aromatic rings. The second kappa shape index (κ2) is 9.16. The number of carbonyl (C=O) groups excluding carboxylic acids is 2. The summed E-state index contributed by atoms with van der Waals surface area (Å²) in [4.78, 5) is 29.5. The van der Waals surface area contributed by atoms with E-state index in [9.17, 15) is 9.59 Å². The van der Waals surface area contributed by atoms with E-state index in [-0.39, 0.29) is 19.1 Å². The molecule has 1 heterocycles. The molecular weight excluding hydrogens is 444 g/mol. The van der Waals surface area contributed by atoms with Crippen LogP contribution in [0.1, 0.15) is 24.2 Å². The molecule has 0 aliphatic heterocycles. The molecule has 0 fully saturated rings. The fourth-order valence-electron chi connectivity index (χ4n) is 2.71. The maximum Gasteiger partial charge on any atom is 0.326 e. The van der Waals surface area contributed by atoms with Crippen LogP contribution in [0.4, 0.5) is 0 Å². The Morgan fingerprint density at radius 3 is 2.64 bits per heavy atom. The molecule has 0 saturated heterocycles. The number of amides is 1. The standard InChI is InChI=1S/C20H19BrN2O4S/c1-3-26-15-9-6-10-16-18(15)23(12-17(24)27-4-2)20(28-16)22-19(25)13-7-5-8-14(21)11-13/h5-11H,3-4,12H2,1-2H3. The van der Waals surface area contributed by atoms with Crippen LogP contribution in [0, 0.1) is 0 Å². The topological polar surface area (TPSA) is 69.9 Å². The van der Waals surface area contributed by atoms with Crippen molar-refractivity contribution in [2.24, 2.45) is 4.99 Å². The normalized spacial score (nSPS) is 11.6. The van der Waals surface area contributed by atoms with Crippen LogP contribution >= 0.6 is 27.3 Å². The fourth-order valence-corrected chi connectivity index (χ4v) is 4.15. The molecule has 0 unspecified atom stereocenters. The van der Waals surface area contributed by atoms with E-state index in [1.54, 1.807) is 29.7 Å². The molecule has 6 nitrogen and oxygen atoms in total. The van der Waals surface area contributed by atoms with E-state index in [2.05, 4.69) is 20.9 Å². The van der Waals surface area contributed by atoms with Gasteiger partial charge < -0.3 is 14.0 Å². The molecule has 0 atom stereocenters. The third kappa shape index (κ3) is 4.51. The average molecular weight is 463 g/mol. The first-order valence-corrected chi connectivity index (χ1v) is 10.4. The van der Waals surface area contributed by atoms with Gasteiger partial charge in [-0.25, -0.2) is 0 Å². The van der Waals surface area contributed by atoms with Gasteiger partial charge in [0.1, 0.15) is 17.8 Å². The van der Waals surface area contributed by atoms with Crippen molar-refractivity contribution in [3.63, 3.8) is 0 Å². The number of thiazole rings is 1. The van der Waals surface area contributed by atoms with Gasteiger partial charge in [0.25, 0.3) is 5.91 Å². The van der Waals surface area contributed by atoms with E-state index in [1.807, 2.05) is 31.2 Å². The van der Waals surface area contributed by atoms with Crippen molar-refractivity contribution in [1.29, 1.82) is 0 Å². The lowest BCUT2D eigenvalue weighted by Crippen LogP contribution is -2.23. The Balaban J connectivity index is 2.16. The number of para-hydroxylation sites is 1. The van der Waals surface area contributed by atoms with Gasteiger partial charge in [-0.3, -0.25) is 9.59 Å². The highest BCUT2D eigenvalue weighted by Crippen LogP contribution is 2.27. The molecular formula is C20H19BrN2O4S. The molecule has 0 N–H and O–H groups in total. The van der Waals surface area contributed by atoms with Gasteiger partial charge >= 0.3 is 5.97 Å². The number of aromatic nitrogens is 1. The first-order chi connectivity index (χ1) is 13.5. The third-order valence-electron chi connectivity index (χ3n) is 3.83. The largest absolute Gasteiger partial charge is 0.492 e. The molecule has 0 aliphatic carbocycles. The zero-order valence-corrected chi connectivity index (χ0v) is 17.9. The van der Waals surface area contributed by atoms with E-state index in [4.69, 9.17) is 9.47 Å². The molecule has 0 bridgehead atoms. The zero-order chi connectivity index (χ0) is 20.1. The molecule has 1 amide bonds. The molecule has 146 valence electrons. The maximum absolute atomic E-state index is 12.7. The number of halogens is 1. The summed E-state index contributed by atoms with van der Waals surface area (Å²) in [6.07, 6.45) is 0. The summed E-state index contributed by atoms with van der Waals surface area (Å²) in [7, 11) is 0. The number of hydrogen-bond acceptors (Lipinski definition) is 5. The van der Waals surface area contributed by atoms with Crippen LogP contribution in [0.2, 0.25) is 0 Å². The van der Waals surface area contributed by atoms with Gasteiger partial charge in [0.15, 0.2) is 4.80 Å². The molecule has 28 heavy (non-hydrogen) atoms. The summed E-state index contributed by atoms with van der Waals surface area (Å²) in [5.41, 5.74) is 1.18. The van der Waals surface area contributed by atoms with Gasteiger partial charge in [0, 0.05) is 10.0 Å². The van der Waals surface area contributed by atoms with E-state index in [1.165, 1.54) is 11.3 Å². The minimum atomic E-state index is -0.398. The average Bonchev–Trinajstić information content (AvgIpc) is 3.00. The van der Waals surface area contributed by atoms with Crippen molar-refractivity contribution in [2.45, 2.75) is 20.4 Å². The molecule has 0 saturated carbocycles. The van der Waals surface area contributed by atoms with Crippen LogP contribution in [0.15, 0.2) is 51.9 Å². The Morgan fingerprint density at radius 2 is 1.93 bits per heavy atom. The fraction of sp³-hybridized carbons (Fsp3) is 0.250. The number of ether oxygens (including phenoxy) is 2. The van der Waals surface area contributed by atoms with Crippen molar-refractivity contribution >= 4 is 49.4 Å². The van der Waals surface area contributed by atoms with Gasteiger partial charge in [-0.05, 0) is 44.2 Å². The number of carbonyl (C=O) groups is 2. The predicted octanol–water partition coefficient (Wildman–Crippen LogP) is 4.17. The number of nitrogens with zero attached hydrogens (tertiary/aromatic N) is 2. The van der Waals surface area contributed by atoms with Crippen molar-refractivity contribution in [3.05, 3.63) is 57.3 Å². The van der Waals surface area contributed by atoms with Gasteiger partial charge in [-0.2, -0.15) is 4.99 Å². The van der Waals surface area contributed by atoms with Gasteiger partial charge in [0.2, 0.25) is 0 Å². The van der Waals surface area contributed by atoms with Crippen LogP contribution in [0.3, 0.4) is 0 Å². The maximum atomic E-state index is 12.7. The number of hydrogen-bond donors (Lipinski definition) is 0. The summed E-state index contributed by atoms with van der Waals surface area (Å²) in [5.74, 6) is -0.148. The lowest BCUT2D eigenvalue weighted by Gasteiger charge is -2.09. The number of fused-ring (bicyclic) bond motifs is 1. The van der Waals surface area contributed by atoms with E-state index in [0.29, 0.717) is 22.7 Å². The predicted molar refractivity (Wildman–Crippen MR) is 112 cm³/mol. The summed E-state index contributed by atoms with van der Waals surface area (Å²) >= 11 is 4.69. The number of rotatable bonds is 6. The lowest BCUT2D eigenvalue weighted by atomic mass is 10.2. The molecule has 8 heteroatoms. The molecule has 1 aromatic heterocycles. The molecule has 0 spiro atoms. The third-order valence-corrected chi connectivity index (χ3v) is 5.36. The first kappa shape index (κ1) is 20.3. The highest BCUT2D eigenvalue weighted by Gasteiger charge is 2.16. The van der Waals surface area contributed by atoms with E-state index < -0.39 is 5.97 Å². The molecule has 3 rings (SSSR count). The second-order valence-electron chi connectivity index (χ2n) is 5.74. The Hall–Kier alpha value is -2.45. The quantitative estimate of drug-likeness (QED) is 0.515. The summed E-state index contributed by atoms with van der Waals surface area (Å²) in [6.45, 7) is 4.36. The van der Waals surface area contributed by atoms with Crippen molar-refractivity contribution in [1.82, 2.24) is 4.57 Å². The van der Waals surface area contributed by atoms with Crippen LogP contribution in [0.25, 0.3) is 10.2 Å². The molecule has 0 aliphatic rings. The smallest absolute Gasteiger partial charge is 0.326 e. The van der Waals surface area contributed by atoms with Crippen LogP contribution in [-0.4, -0.2) is 29.7 Å². The number of benzene rings is 2. The SMILES string of the molecule is CCOC(=O)Cn1c(=NC(=O)c2cccc(Br)c2)sc2cccc(OCC)c21. The van der Waals surface area contributed by atoms with Crippen molar-refractivity contribution in [2.75, 3.05) is 13.2 Å². The zero-order valence-electron chi connectivity index (χ0n) is 15.5. The van der Waals surface area contributed by atoms with Gasteiger partial charge in [0.05, 0.1) is 17.9 Å². The monoisotopic (exact) mass is 462 g/mol. The summed E-state index contributed by atoms with van der Waals surface area (Å²) in [5, 5.41) is 0. The van der Waals surface area contributed by atoms with Crippen LogP contribution in [0.5, 0.6) is 5.75 Å². The Labute approximate surface area is 174 Å². The Bertz CT molecular complexity index is 1090. The second-order valence-corrected chi connectivity index (χ2v) is 7.66. The first-order valence-electron chi connectivity index (χ1n) is 8.78. The lowest BCUT2D eigenvalue weighted by molar-refractivity contribution is -0.143. The molecule has 0 radical (unpaired) electrons. The highest BCUT2D eigenvalue weighted by molar-refractivity contribution is 9.10. The van der Waals surface area contributed by atoms with E-state index >= 15 is 0 Å². The number of esters is 1. The highest BCUT2D eigenvalue weighted by atomic mass is 79.9.